The number of hydrogen-bond acceptors (Lipinski definition) is 2. The van der Waals surface area contributed by atoms with Crippen LogP contribution in [-0.4, -0.2) is 44.2 Å². The Hall–Kier alpha value is -2.36. The van der Waals surface area contributed by atoms with Crippen molar-refractivity contribution in [2.24, 2.45) is 10.9 Å². The van der Waals surface area contributed by atoms with Crippen molar-refractivity contribution in [3.63, 3.8) is 0 Å². The van der Waals surface area contributed by atoms with E-state index in [1.165, 1.54) is 34.2 Å². The van der Waals surface area contributed by atoms with E-state index in [0.717, 1.165) is 50.7 Å². The Bertz CT molecular complexity index is 1080. The summed E-state index contributed by atoms with van der Waals surface area (Å²) < 4.78 is 26.7. The van der Waals surface area contributed by atoms with Crippen LogP contribution in [0.4, 0.5) is 14.5 Å². The highest BCUT2D eigenvalue weighted by atomic mass is 127. The highest BCUT2D eigenvalue weighted by Gasteiger charge is 2.23. The molecule has 1 aliphatic heterocycles. The van der Waals surface area contributed by atoms with Crippen LogP contribution in [0.3, 0.4) is 0 Å². The van der Waals surface area contributed by atoms with E-state index < -0.39 is 11.6 Å². The zero-order valence-corrected chi connectivity index (χ0v) is 20.8. The summed E-state index contributed by atoms with van der Waals surface area (Å²) in [5.41, 5.74) is 4.44. The van der Waals surface area contributed by atoms with Crippen LogP contribution in [0.1, 0.15) is 17.5 Å². The molecule has 0 radical (unpaired) electrons. The molecule has 1 aromatic heterocycles. The number of aromatic nitrogens is 1. The van der Waals surface area contributed by atoms with Gasteiger partial charge in [-0.25, -0.2) is 8.78 Å². The van der Waals surface area contributed by atoms with E-state index in [9.17, 15) is 8.78 Å². The molecule has 8 heteroatoms. The molecule has 32 heavy (non-hydrogen) atoms. The number of aliphatic imine (C=N–C) groups is 1. The number of benzene rings is 2. The summed E-state index contributed by atoms with van der Waals surface area (Å²) in [4.78, 5) is 9.77. The van der Waals surface area contributed by atoms with Crippen LogP contribution in [-0.2, 0) is 6.42 Å². The second-order valence-electron chi connectivity index (χ2n) is 8.19. The van der Waals surface area contributed by atoms with Crippen molar-refractivity contribution >= 4 is 46.5 Å². The van der Waals surface area contributed by atoms with Gasteiger partial charge in [0.25, 0.3) is 0 Å². The van der Waals surface area contributed by atoms with E-state index in [1.807, 2.05) is 0 Å². The van der Waals surface area contributed by atoms with E-state index in [-0.39, 0.29) is 24.0 Å². The molecule has 3 N–H and O–H groups in total. The van der Waals surface area contributed by atoms with Gasteiger partial charge in [-0.3, -0.25) is 4.99 Å². The van der Waals surface area contributed by atoms with E-state index in [2.05, 4.69) is 56.8 Å². The van der Waals surface area contributed by atoms with E-state index in [0.29, 0.717) is 5.92 Å². The van der Waals surface area contributed by atoms with Crippen LogP contribution in [0.25, 0.3) is 10.9 Å². The average molecular weight is 553 g/mol. The van der Waals surface area contributed by atoms with Crippen LogP contribution < -0.4 is 15.5 Å². The molecule has 0 aliphatic carbocycles. The van der Waals surface area contributed by atoms with Gasteiger partial charge in [-0.05, 0) is 55.0 Å². The molecule has 2 heterocycles. The van der Waals surface area contributed by atoms with Crippen molar-refractivity contribution in [3.8, 4) is 0 Å². The minimum Gasteiger partial charge on any atom is -0.371 e. The minimum absolute atomic E-state index is 0. The molecule has 4 rings (SSSR count). The topological polar surface area (TPSA) is 55.5 Å². The molecule has 1 atom stereocenters. The highest BCUT2D eigenvalue weighted by molar-refractivity contribution is 14.0. The number of anilines is 1. The fourth-order valence-corrected chi connectivity index (χ4v) is 4.20. The quantitative estimate of drug-likeness (QED) is 0.238. The number of fused-ring (bicyclic) bond motifs is 1. The minimum atomic E-state index is -0.807. The molecule has 1 fully saturated rings. The smallest absolute Gasteiger partial charge is 0.190 e. The van der Waals surface area contributed by atoms with Crippen LogP contribution >= 0.6 is 24.0 Å². The zero-order valence-electron chi connectivity index (χ0n) is 18.4. The largest absolute Gasteiger partial charge is 0.371 e. The van der Waals surface area contributed by atoms with E-state index >= 15 is 0 Å². The van der Waals surface area contributed by atoms with Gasteiger partial charge in [0.05, 0.1) is 0 Å². The predicted molar refractivity (Wildman–Crippen MR) is 138 cm³/mol. The van der Waals surface area contributed by atoms with Crippen molar-refractivity contribution in [2.45, 2.75) is 19.8 Å². The van der Waals surface area contributed by atoms with Gasteiger partial charge in [-0.1, -0.05) is 12.1 Å². The Morgan fingerprint density at radius 1 is 1.16 bits per heavy atom. The maximum Gasteiger partial charge on any atom is 0.190 e. The number of aryl methyl sites for hydroxylation is 1. The lowest BCUT2D eigenvalue weighted by atomic mass is 10.1. The molecule has 0 bridgehead atoms. The second kappa shape index (κ2) is 11.0. The maximum absolute atomic E-state index is 13.5. The number of H-pyrrole nitrogens is 1. The third-order valence-corrected chi connectivity index (χ3v) is 5.95. The Labute approximate surface area is 204 Å². The normalized spacial score (nSPS) is 16.3. The first-order chi connectivity index (χ1) is 15.0. The fourth-order valence-electron chi connectivity index (χ4n) is 4.20. The first-order valence-electron chi connectivity index (χ1n) is 10.7. The maximum atomic E-state index is 13.5. The summed E-state index contributed by atoms with van der Waals surface area (Å²) in [6, 6.07) is 10.6. The number of hydrogen-bond donors (Lipinski definition) is 3. The summed E-state index contributed by atoms with van der Waals surface area (Å²) in [6.07, 6.45) is 3.97. The first-order valence-corrected chi connectivity index (χ1v) is 10.7. The van der Waals surface area contributed by atoms with Crippen molar-refractivity contribution in [3.05, 3.63) is 65.4 Å². The SMILES string of the molecule is CN=C(NCCc1c[nH]c2cc(C)ccc12)NCC1CCN(c2ccc(F)c(F)c2)C1.I. The van der Waals surface area contributed by atoms with Gasteiger partial charge >= 0.3 is 0 Å². The van der Waals surface area contributed by atoms with Gasteiger partial charge in [-0.15, -0.1) is 24.0 Å². The first kappa shape index (κ1) is 24.3. The molecular weight excluding hydrogens is 523 g/mol. The average Bonchev–Trinajstić information content (AvgIpc) is 3.39. The molecule has 0 amide bonds. The van der Waals surface area contributed by atoms with Crippen molar-refractivity contribution in [1.82, 2.24) is 15.6 Å². The second-order valence-corrected chi connectivity index (χ2v) is 8.19. The molecule has 0 saturated carbocycles. The standard InChI is InChI=1S/C24H29F2N5.HI/c1-16-3-5-20-18(14-29-23(20)11-16)7-9-28-24(27-2)30-13-17-8-10-31(15-17)19-4-6-21(25)22(26)12-19;/h3-6,11-12,14,17,29H,7-10,13,15H2,1-2H3,(H2,27,28,30);1H. The lowest BCUT2D eigenvalue weighted by Crippen LogP contribution is -2.41. The molecular formula is C24H30F2IN5. The molecule has 1 aliphatic rings. The summed E-state index contributed by atoms with van der Waals surface area (Å²) >= 11 is 0. The Kier molecular flexibility index (Phi) is 8.33. The van der Waals surface area contributed by atoms with E-state index in [1.54, 1.807) is 13.1 Å². The highest BCUT2D eigenvalue weighted by Crippen LogP contribution is 2.25. The van der Waals surface area contributed by atoms with E-state index in [4.69, 9.17) is 0 Å². The molecule has 5 nitrogen and oxygen atoms in total. The van der Waals surface area contributed by atoms with Crippen LogP contribution in [0.15, 0.2) is 47.6 Å². The third kappa shape index (κ3) is 5.70. The lowest BCUT2D eigenvalue weighted by Gasteiger charge is -2.19. The van der Waals surface area contributed by atoms with Crippen LogP contribution in [0, 0.1) is 24.5 Å². The molecule has 1 saturated heterocycles. The lowest BCUT2D eigenvalue weighted by molar-refractivity contribution is 0.508. The number of rotatable bonds is 6. The molecule has 3 aromatic rings. The Morgan fingerprint density at radius 2 is 2.00 bits per heavy atom. The summed E-state index contributed by atoms with van der Waals surface area (Å²) in [6.45, 7) is 5.31. The number of halogens is 3. The fraction of sp³-hybridized carbons (Fsp3) is 0.375. The number of guanidine groups is 1. The molecule has 2 aromatic carbocycles. The predicted octanol–water partition coefficient (Wildman–Crippen LogP) is 4.61. The van der Waals surface area contributed by atoms with Gasteiger partial charge < -0.3 is 20.5 Å². The zero-order chi connectivity index (χ0) is 21.8. The molecule has 1 unspecified atom stereocenters. The van der Waals surface area contributed by atoms with Gasteiger partial charge in [0.15, 0.2) is 17.6 Å². The Balaban J connectivity index is 0.00000289. The van der Waals surface area contributed by atoms with Gasteiger partial charge in [0.1, 0.15) is 0 Å². The summed E-state index contributed by atoms with van der Waals surface area (Å²) in [5, 5.41) is 8.05. The van der Waals surface area contributed by atoms with Gasteiger partial charge in [-0.2, -0.15) is 0 Å². The van der Waals surface area contributed by atoms with Gasteiger partial charge in [0.2, 0.25) is 0 Å². The molecule has 0 spiro atoms. The molecule has 172 valence electrons. The summed E-state index contributed by atoms with van der Waals surface area (Å²) in [5.74, 6) is -0.404. The number of nitrogens with zero attached hydrogens (tertiary/aromatic N) is 2. The number of nitrogens with one attached hydrogen (secondary N) is 3. The van der Waals surface area contributed by atoms with Gasteiger partial charge in [0, 0.05) is 62.1 Å². The summed E-state index contributed by atoms with van der Waals surface area (Å²) in [7, 11) is 1.77. The van der Waals surface area contributed by atoms with Crippen LogP contribution in [0.5, 0.6) is 0 Å². The van der Waals surface area contributed by atoms with Crippen molar-refractivity contribution in [2.75, 3.05) is 38.1 Å². The monoisotopic (exact) mass is 553 g/mol. The Morgan fingerprint density at radius 3 is 2.78 bits per heavy atom. The van der Waals surface area contributed by atoms with Crippen molar-refractivity contribution in [1.29, 1.82) is 0 Å². The third-order valence-electron chi connectivity index (χ3n) is 5.95. The number of aromatic amines is 1. The van der Waals surface area contributed by atoms with Crippen molar-refractivity contribution < 1.29 is 8.78 Å². The van der Waals surface area contributed by atoms with Crippen LogP contribution in [0.2, 0.25) is 0 Å².